The summed E-state index contributed by atoms with van der Waals surface area (Å²) in [6, 6.07) is 3.00. The van der Waals surface area contributed by atoms with Crippen molar-refractivity contribution in [3.05, 3.63) is 35.1 Å². The lowest BCUT2D eigenvalue weighted by Gasteiger charge is -2.40. The zero-order valence-corrected chi connectivity index (χ0v) is 20.2. The summed E-state index contributed by atoms with van der Waals surface area (Å²) >= 11 is 0. The van der Waals surface area contributed by atoms with Crippen molar-refractivity contribution in [3.8, 4) is 0 Å². The number of alkyl halides is 3. The second-order valence-corrected chi connectivity index (χ2v) is 7.76. The number of nitrogens with one attached hydrogen (secondary N) is 2. The predicted octanol–water partition coefficient (Wildman–Crippen LogP) is 3.40. The van der Waals surface area contributed by atoms with E-state index in [-0.39, 0.29) is 36.1 Å². The zero-order chi connectivity index (χ0) is 21.6. The van der Waals surface area contributed by atoms with Gasteiger partial charge in [-0.05, 0) is 30.7 Å². The molecule has 30 heavy (non-hydrogen) atoms. The van der Waals surface area contributed by atoms with Crippen molar-refractivity contribution < 1.29 is 17.6 Å². The van der Waals surface area contributed by atoms with E-state index in [9.17, 15) is 17.6 Å². The van der Waals surface area contributed by atoms with E-state index in [0.29, 0.717) is 30.5 Å². The van der Waals surface area contributed by atoms with E-state index in [1.807, 2.05) is 0 Å². The van der Waals surface area contributed by atoms with Crippen LogP contribution in [0.25, 0.3) is 0 Å². The standard InChI is InChI=1S/C20H31F4N5.HI/c1-14(2)18(29-9-7-28(4)8-10-29)13-27-19(25-3)26-12-15-5-6-16(21)11-17(15)20(22,23)24;/h5-6,11,14,18H,7-10,12-13H2,1-4H3,(H2,25,26,27);1H. The SMILES string of the molecule is CN=C(NCc1ccc(F)cc1C(F)(F)F)NCC(C(C)C)N1CCN(C)CC1.I. The highest BCUT2D eigenvalue weighted by atomic mass is 127. The van der Waals surface area contributed by atoms with Gasteiger partial charge >= 0.3 is 6.18 Å². The van der Waals surface area contributed by atoms with E-state index in [2.05, 4.69) is 46.3 Å². The van der Waals surface area contributed by atoms with Crippen LogP contribution in [0.2, 0.25) is 0 Å². The number of halogens is 5. The molecule has 1 aliphatic rings. The van der Waals surface area contributed by atoms with Crippen LogP contribution in [0.15, 0.2) is 23.2 Å². The van der Waals surface area contributed by atoms with Crippen molar-refractivity contribution in [1.29, 1.82) is 0 Å². The molecule has 0 spiro atoms. The van der Waals surface area contributed by atoms with E-state index in [4.69, 9.17) is 0 Å². The normalized spacial score (nSPS) is 17.6. The van der Waals surface area contributed by atoms with Gasteiger partial charge < -0.3 is 15.5 Å². The van der Waals surface area contributed by atoms with Gasteiger partial charge in [0, 0.05) is 52.4 Å². The number of nitrogens with zero attached hydrogens (tertiary/aromatic N) is 3. The number of likely N-dealkylation sites (N-methyl/N-ethyl adjacent to an activating group) is 1. The first-order valence-electron chi connectivity index (χ1n) is 9.84. The summed E-state index contributed by atoms with van der Waals surface area (Å²) in [6.07, 6.45) is -4.61. The van der Waals surface area contributed by atoms with E-state index in [0.717, 1.165) is 38.3 Å². The van der Waals surface area contributed by atoms with Crippen LogP contribution in [0.4, 0.5) is 17.6 Å². The number of rotatable bonds is 6. The minimum atomic E-state index is -4.61. The highest BCUT2D eigenvalue weighted by Crippen LogP contribution is 2.32. The molecule has 2 N–H and O–H groups in total. The monoisotopic (exact) mass is 545 g/mol. The molecule has 172 valence electrons. The number of aliphatic imine (C=N–C) groups is 1. The van der Waals surface area contributed by atoms with E-state index in [1.54, 1.807) is 7.05 Å². The molecule has 0 bridgehead atoms. The van der Waals surface area contributed by atoms with Gasteiger partial charge in [-0.1, -0.05) is 19.9 Å². The fourth-order valence-electron chi connectivity index (χ4n) is 3.51. The van der Waals surface area contributed by atoms with Crippen LogP contribution in [-0.4, -0.2) is 68.6 Å². The Balaban J connectivity index is 0.00000450. The van der Waals surface area contributed by atoms with Gasteiger partial charge in [0.05, 0.1) is 5.56 Å². The van der Waals surface area contributed by atoms with Gasteiger partial charge in [-0.25, -0.2) is 4.39 Å². The fraction of sp³-hybridized carbons (Fsp3) is 0.650. The first-order valence-corrected chi connectivity index (χ1v) is 9.84. The lowest BCUT2D eigenvalue weighted by Crippen LogP contribution is -2.55. The summed E-state index contributed by atoms with van der Waals surface area (Å²) in [5, 5.41) is 6.14. The second-order valence-electron chi connectivity index (χ2n) is 7.76. The van der Waals surface area contributed by atoms with Crippen LogP contribution in [0.3, 0.4) is 0 Å². The zero-order valence-electron chi connectivity index (χ0n) is 17.9. The third-order valence-corrected chi connectivity index (χ3v) is 5.30. The van der Waals surface area contributed by atoms with E-state index >= 15 is 0 Å². The highest BCUT2D eigenvalue weighted by Gasteiger charge is 2.33. The Labute approximate surface area is 193 Å². The Bertz CT molecular complexity index is 688. The maximum Gasteiger partial charge on any atom is 0.416 e. The Morgan fingerprint density at radius 1 is 1.13 bits per heavy atom. The summed E-state index contributed by atoms with van der Waals surface area (Å²) < 4.78 is 52.7. The molecular formula is C20H32F4IN5. The van der Waals surface area contributed by atoms with Gasteiger partial charge in [0.1, 0.15) is 5.82 Å². The van der Waals surface area contributed by atoms with E-state index < -0.39 is 17.6 Å². The fourth-order valence-corrected chi connectivity index (χ4v) is 3.51. The molecule has 1 fully saturated rings. The summed E-state index contributed by atoms with van der Waals surface area (Å²) in [5.74, 6) is -0.0734. The van der Waals surface area contributed by atoms with Crippen molar-refractivity contribution in [2.24, 2.45) is 10.9 Å². The highest BCUT2D eigenvalue weighted by molar-refractivity contribution is 14.0. The Morgan fingerprint density at radius 2 is 1.77 bits per heavy atom. The summed E-state index contributed by atoms with van der Waals surface area (Å²) in [5.41, 5.74) is -1.00. The molecule has 2 rings (SSSR count). The van der Waals surface area contributed by atoms with Crippen LogP contribution < -0.4 is 10.6 Å². The van der Waals surface area contributed by atoms with Gasteiger partial charge in [0.15, 0.2) is 5.96 Å². The Kier molecular flexibility index (Phi) is 10.8. The van der Waals surface area contributed by atoms with Crippen molar-refractivity contribution in [1.82, 2.24) is 20.4 Å². The minimum Gasteiger partial charge on any atom is -0.355 e. The number of guanidine groups is 1. The van der Waals surface area contributed by atoms with Crippen LogP contribution >= 0.6 is 24.0 Å². The maximum atomic E-state index is 13.3. The lowest BCUT2D eigenvalue weighted by molar-refractivity contribution is -0.138. The molecule has 0 amide bonds. The quantitative estimate of drug-likeness (QED) is 0.249. The number of piperazine rings is 1. The molecule has 1 atom stereocenters. The molecule has 0 radical (unpaired) electrons. The van der Waals surface area contributed by atoms with Gasteiger partial charge in [0.2, 0.25) is 0 Å². The van der Waals surface area contributed by atoms with Crippen molar-refractivity contribution >= 4 is 29.9 Å². The Morgan fingerprint density at radius 3 is 2.30 bits per heavy atom. The molecular weight excluding hydrogens is 513 g/mol. The van der Waals surface area contributed by atoms with Crippen LogP contribution in [0.5, 0.6) is 0 Å². The third-order valence-electron chi connectivity index (χ3n) is 5.30. The molecule has 0 aliphatic carbocycles. The predicted molar refractivity (Wildman–Crippen MR) is 123 cm³/mol. The van der Waals surface area contributed by atoms with Crippen molar-refractivity contribution in [2.45, 2.75) is 32.6 Å². The number of hydrogen-bond acceptors (Lipinski definition) is 3. The molecule has 1 heterocycles. The molecule has 1 unspecified atom stereocenters. The van der Waals surface area contributed by atoms with Gasteiger partial charge in [-0.3, -0.25) is 9.89 Å². The van der Waals surface area contributed by atoms with Gasteiger partial charge in [-0.15, -0.1) is 24.0 Å². The van der Waals surface area contributed by atoms with Crippen molar-refractivity contribution in [3.63, 3.8) is 0 Å². The topological polar surface area (TPSA) is 42.9 Å². The summed E-state index contributed by atoms with van der Waals surface area (Å²) in [4.78, 5) is 8.84. The summed E-state index contributed by atoms with van der Waals surface area (Å²) in [6.45, 7) is 8.85. The minimum absolute atomic E-state index is 0. The molecule has 5 nitrogen and oxygen atoms in total. The molecule has 1 aliphatic heterocycles. The molecule has 1 aromatic carbocycles. The molecule has 1 saturated heterocycles. The van der Waals surface area contributed by atoms with Crippen molar-refractivity contribution in [2.75, 3.05) is 46.8 Å². The Hall–Kier alpha value is -1.14. The second kappa shape index (κ2) is 12.0. The third kappa shape index (κ3) is 7.84. The van der Waals surface area contributed by atoms with Crippen LogP contribution in [-0.2, 0) is 12.7 Å². The van der Waals surface area contributed by atoms with Gasteiger partial charge in [-0.2, -0.15) is 13.2 Å². The van der Waals surface area contributed by atoms with E-state index in [1.165, 1.54) is 0 Å². The van der Waals surface area contributed by atoms with Crippen LogP contribution in [0, 0.1) is 11.7 Å². The number of hydrogen-bond donors (Lipinski definition) is 2. The number of benzene rings is 1. The maximum absolute atomic E-state index is 13.3. The molecule has 0 saturated carbocycles. The molecule has 10 heteroatoms. The first kappa shape index (κ1) is 26.9. The van der Waals surface area contributed by atoms with Gasteiger partial charge in [0.25, 0.3) is 0 Å². The van der Waals surface area contributed by atoms with Crippen LogP contribution in [0.1, 0.15) is 25.0 Å². The smallest absolute Gasteiger partial charge is 0.355 e. The summed E-state index contributed by atoms with van der Waals surface area (Å²) in [7, 11) is 3.68. The first-order chi connectivity index (χ1) is 13.6. The average Bonchev–Trinajstić information content (AvgIpc) is 2.65. The lowest BCUT2D eigenvalue weighted by atomic mass is 10.0. The average molecular weight is 545 g/mol. The molecule has 0 aromatic heterocycles. The molecule has 1 aromatic rings. The largest absolute Gasteiger partial charge is 0.416 e.